The standard InChI is InChI=1S/C19H34N4O3.2C2H6/c1-16(24)20-14-17-13-19(15-26-17)4-7-23(8-5-19)18(25)3-6-22-11-9-21(2)10-12-22;2*1-2/h17H,3-15H2,1-2H3,(H,20,24);2*1-2H3. The number of nitrogens with zero attached hydrogens (tertiary/aromatic N) is 3. The van der Waals surface area contributed by atoms with Gasteiger partial charge in [-0.05, 0) is 31.7 Å². The van der Waals surface area contributed by atoms with Gasteiger partial charge in [-0.3, -0.25) is 9.59 Å². The fraction of sp³-hybridized carbons (Fsp3) is 0.913. The molecule has 3 heterocycles. The van der Waals surface area contributed by atoms with Gasteiger partial charge in [-0.15, -0.1) is 0 Å². The lowest BCUT2D eigenvalue weighted by atomic mass is 9.76. The summed E-state index contributed by atoms with van der Waals surface area (Å²) in [5, 5.41) is 2.85. The third-order valence-electron chi connectivity index (χ3n) is 6.28. The third kappa shape index (κ3) is 8.52. The summed E-state index contributed by atoms with van der Waals surface area (Å²) in [5.74, 6) is 0.294. The minimum Gasteiger partial charge on any atom is -0.376 e. The van der Waals surface area contributed by atoms with Crippen LogP contribution in [-0.4, -0.2) is 98.6 Å². The first kappa shape index (κ1) is 26.9. The van der Waals surface area contributed by atoms with Gasteiger partial charge < -0.3 is 24.8 Å². The topological polar surface area (TPSA) is 65.1 Å². The molecular weight excluding hydrogens is 380 g/mol. The molecule has 7 heteroatoms. The number of nitrogens with one attached hydrogen (secondary N) is 1. The molecule has 1 N–H and O–H groups in total. The molecule has 0 radical (unpaired) electrons. The van der Waals surface area contributed by atoms with Gasteiger partial charge in [0.15, 0.2) is 0 Å². The summed E-state index contributed by atoms with van der Waals surface area (Å²) in [6, 6.07) is 0. The molecule has 3 rings (SSSR count). The first-order valence-electron chi connectivity index (χ1n) is 12.0. The van der Waals surface area contributed by atoms with E-state index in [2.05, 4.69) is 22.2 Å². The molecule has 0 bridgehead atoms. The molecule has 1 atom stereocenters. The Bertz CT molecular complexity index is 499. The van der Waals surface area contributed by atoms with Crippen LogP contribution in [0.15, 0.2) is 0 Å². The van der Waals surface area contributed by atoms with Crippen LogP contribution in [0.5, 0.6) is 0 Å². The number of rotatable bonds is 5. The fourth-order valence-corrected chi connectivity index (χ4v) is 4.35. The predicted octanol–water partition coefficient (Wildman–Crippen LogP) is 2.21. The highest BCUT2D eigenvalue weighted by molar-refractivity contribution is 5.76. The monoisotopic (exact) mass is 426 g/mol. The molecule has 3 aliphatic heterocycles. The van der Waals surface area contributed by atoms with E-state index < -0.39 is 0 Å². The fourth-order valence-electron chi connectivity index (χ4n) is 4.35. The summed E-state index contributed by atoms with van der Waals surface area (Å²) >= 11 is 0. The number of carbonyl (C=O) groups excluding carboxylic acids is 2. The molecule has 0 aliphatic carbocycles. The lowest BCUT2D eigenvalue weighted by Crippen LogP contribution is -2.47. The van der Waals surface area contributed by atoms with Gasteiger partial charge in [-0.1, -0.05) is 27.7 Å². The molecular formula is C23H46N4O3. The molecule has 2 amide bonds. The molecule has 3 saturated heterocycles. The molecule has 7 nitrogen and oxygen atoms in total. The number of hydrogen-bond acceptors (Lipinski definition) is 5. The van der Waals surface area contributed by atoms with Crippen LogP contribution in [0.3, 0.4) is 0 Å². The predicted molar refractivity (Wildman–Crippen MR) is 123 cm³/mol. The van der Waals surface area contributed by atoms with Crippen molar-refractivity contribution >= 4 is 11.8 Å². The van der Waals surface area contributed by atoms with E-state index in [-0.39, 0.29) is 17.4 Å². The maximum absolute atomic E-state index is 12.6. The first-order valence-corrected chi connectivity index (χ1v) is 12.0. The van der Waals surface area contributed by atoms with Crippen LogP contribution < -0.4 is 5.32 Å². The van der Waals surface area contributed by atoms with E-state index in [0.717, 1.165) is 71.7 Å². The van der Waals surface area contributed by atoms with Crippen molar-refractivity contribution in [3.8, 4) is 0 Å². The molecule has 1 spiro atoms. The van der Waals surface area contributed by atoms with Crippen molar-refractivity contribution in [2.75, 3.05) is 66.0 Å². The number of piperidine rings is 1. The number of piperazine rings is 1. The van der Waals surface area contributed by atoms with Crippen molar-refractivity contribution in [2.45, 2.75) is 66.4 Å². The second-order valence-corrected chi connectivity index (χ2v) is 8.35. The van der Waals surface area contributed by atoms with Crippen LogP contribution >= 0.6 is 0 Å². The SMILES string of the molecule is CC.CC.CC(=O)NCC1CC2(CCN(C(=O)CCN3CCN(C)CC3)CC2)CO1. The smallest absolute Gasteiger partial charge is 0.223 e. The normalized spacial score (nSPS) is 23.8. The second kappa shape index (κ2) is 14.0. The molecule has 0 aromatic heterocycles. The number of hydrogen-bond donors (Lipinski definition) is 1. The minimum absolute atomic E-state index is 0.00434. The number of likely N-dealkylation sites (N-methyl/N-ethyl adjacent to an activating group) is 1. The van der Waals surface area contributed by atoms with Crippen molar-refractivity contribution in [3.63, 3.8) is 0 Å². The van der Waals surface area contributed by atoms with Gasteiger partial charge >= 0.3 is 0 Å². The van der Waals surface area contributed by atoms with Gasteiger partial charge in [0.25, 0.3) is 0 Å². The van der Waals surface area contributed by atoms with Crippen LogP contribution in [0.25, 0.3) is 0 Å². The van der Waals surface area contributed by atoms with Gasteiger partial charge in [-0.2, -0.15) is 0 Å². The molecule has 0 aromatic carbocycles. The number of likely N-dealkylation sites (tertiary alicyclic amines) is 1. The van der Waals surface area contributed by atoms with Gasteiger partial charge in [0, 0.05) is 65.7 Å². The highest BCUT2D eigenvalue weighted by Gasteiger charge is 2.42. The molecule has 30 heavy (non-hydrogen) atoms. The van der Waals surface area contributed by atoms with Crippen molar-refractivity contribution in [2.24, 2.45) is 5.41 Å². The Morgan fingerprint density at radius 3 is 2.17 bits per heavy atom. The van der Waals surface area contributed by atoms with Crippen molar-refractivity contribution in [3.05, 3.63) is 0 Å². The van der Waals surface area contributed by atoms with Crippen LogP contribution in [0.1, 0.15) is 60.3 Å². The summed E-state index contributed by atoms with van der Waals surface area (Å²) in [5.41, 5.74) is 0.206. The van der Waals surface area contributed by atoms with E-state index in [0.29, 0.717) is 18.9 Å². The zero-order chi connectivity index (χ0) is 22.6. The van der Waals surface area contributed by atoms with Gasteiger partial charge in [0.05, 0.1) is 12.7 Å². The lowest BCUT2D eigenvalue weighted by Gasteiger charge is -2.39. The molecule has 0 saturated carbocycles. The Morgan fingerprint density at radius 1 is 1.00 bits per heavy atom. The largest absolute Gasteiger partial charge is 0.376 e. The zero-order valence-corrected chi connectivity index (χ0v) is 20.3. The van der Waals surface area contributed by atoms with E-state index in [4.69, 9.17) is 4.74 Å². The summed E-state index contributed by atoms with van der Waals surface area (Å²) in [7, 11) is 2.15. The van der Waals surface area contributed by atoms with Crippen LogP contribution in [-0.2, 0) is 14.3 Å². The second-order valence-electron chi connectivity index (χ2n) is 8.35. The van der Waals surface area contributed by atoms with Crippen LogP contribution in [0.4, 0.5) is 0 Å². The molecule has 3 aliphatic rings. The third-order valence-corrected chi connectivity index (χ3v) is 6.28. The van der Waals surface area contributed by atoms with Gasteiger partial charge in [0.2, 0.25) is 11.8 Å². The van der Waals surface area contributed by atoms with E-state index in [1.54, 1.807) is 0 Å². The van der Waals surface area contributed by atoms with Gasteiger partial charge in [0.1, 0.15) is 0 Å². The first-order chi connectivity index (χ1) is 14.5. The van der Waals surface area contributed by atoms with Gasteiger partial charge in [-0.25, -0.2) is 0 Å². The average Bonchev–Trinajstić information content (AvgIpc) is 3.17. The Labute approximate surface area is 184 Å². The minimum atomic E-state index is -0.00434. The molecule has 0 aromatic rings. The molecule has 176 valence electrons. The maximum atomic E-state index is 12.6. The maximum Gasteiger partial charge on any atom is 0.223 e. The van der Waals surface area contributed by atoms with E-state index in [1.165, 1.54) is 6.92 Å². The number of amides is 2. The zero-order valence-electron chi connectivity index (χ0n) is 20.3. The summed E-state index contributed by atoms with van der Waals surface area (Å²) in [4.78, 5) is 30.4. The number of ether oxygens (including phenoxy) is 1. The van der Waals surface area contributed by atoms with Crippen molar-refractivity contribution in [1.29, 1.82) is 0 Å². The Morgan fingerprint density at radius 2 is 1.60 bits per heavy atom. The molecule has 3 fully saturated rings. The summed E-state index contributed by atoms with van der Waals surface area (Å²) in [6.07, 6.45) is 3.79. The Balaban J connectivity index is 0.00000106. The van der Waals surface area contributed by atoms with E-state index >= 15 is 0 Å². The Kier molecular flexibility index (Phi) is 12.5. The highest BCUT2D eigenvalue weighted by Crippen LogP contribution is 2.41. The van der Waals surface area contributed by atoms with Crippen LogP contribution in [0, 0.1) is 5.41 Å². The summed E-state index contributed by atoms with van der Waals surface area (Å²) in [6.45, 7) is 17.8. The average molecular weight is 427 g/mol. The molecule has 1 unspecified atom stereocenters. The quantitative estimate of drug-likeness (QED) is 0.730. The lowest BCUT2D eigenvalue weighted by molar-refractivity contribution is -0.134. The van der Waals surface area contributed by atoms with E-state index in [1.807, 2.05) is 32.6 Å². The highest BCUT2D eigenvalue weighted by atomic mass is 16.5. The van der Waals surface area contributed by atoms with Crippen molar-refractivity contribution in [1.82, 2.24) is 20.0 Å². The summed E-state index contributed by atoms with van der Waals surface area (Å²) < 4.78 is 5.90. The van der Waals surface area contributed by atoms with Crippen LogP contribution in [0.2, 0.25) is 0 Å². The number of carbonyl (C=O) groups is 2. The van der Waals surface area contributed by atoms with E-state index in [9.17, 15) is 9.59 Å². The Hall–Kier alpha value is -1.18. The van der Waals surface area contributed by atoms with Crippen molar-refractivity contribution < 1.29 is 14.3 Å².